The molecular weight excluding hydrogens is 158 g/mol. The minimum absolute atomic E-state index is 0.513. The normalized spacial score (nSPS) is 12.5. The second kappa shape index (κ2) is 2.99. The van der Waals surface area contributed by atoms with Crippen molar-refractivity contribution in [2.45, 2.75) is 19.9 Å². The molecule has 0 fully saturated rings. The lowest BCUT2D eigenvalue weighted by Gasteiger charge is -1.96. The number of nitrogens with zero attached hydrogens (tertiary/aromatic N) is 2. The topological polar surface area (TPSA) is 62.7 Å². The second-order valence-corrected chi connectivity index (χ2v) is 3.52. The molecule has 0 aliphatic heterocycles. The first-order valence-corrected chi connectivity index (χ1v) is 4.06. The first-order valence-electron chi connectivity index (χ1n) is 3.24. The molecule has 2 N–H and O–H groups in total. The van der Waals surface area contributed by atoms with Gasteiger partial charge in [0, 0.05) is 0 Å². The zero-order valence-electron chi connectivity index (χ0n) is 6.46. The van der Waals surface area contributed by atoms with Gasteiger partial charge < -0.3 is 5.73 Å². The van der Waals surface area contributed by atoms with Crippen LogP contribution in [0.25, 0.3) is 0 Å². The van der Waals surface area contributed by atoms with Crippen LogP contribution in [-0.4, -0.2) is 4.98 Å². The summed E-state index contributed by atoms with van der Waals surface area (Å²) in [5.41, 5.74) is 6.39. The molecule has 1 aromatic rings. The van der Waals surface area contributed by atoms with Crippen LogP contribution in [0.3, 0.4) is 0 Å². The van der Waals surface area contributed by atoms with Crippen LogP contribution in [-0.2, 0) is 0 Å². The minimum Gasteiger partial charge on any atom is -0.311 e. The Labute approximate surface area is 69.5 Å². The van der Waals surface area contributed by atoms with E-state index in [1.807, 2.05) is 19.9 Å². The average molecular weight is 167 g/mol. The predicted molar refractivity (Wildman–Crippen MR) is 44.1 cm³/mol. The lowest BCUT2D eigenvalue weighted by molar-refractivity contribution is 0.929. The summed E-state index contributed by atoms with van der Waals surface area (Å²) in [6.45, 7) is 3.78. The molecule has 1 unspecified atom stereocenters. The molecular formula is C7H9N3S. The number of thiazole rings is 1. The lowest BCUT2D eigenvalue weighted by Crippen LogP contribution is -2.06. The van der Waals surface area contributed by atoms with Crippen molar-refractivity contribution in [3.8, 4) is 6.07 Å². The number of nitrogens with two attached hydrogens (primary N) is 1. The van der Waals surface area contributed by atoms with Crippen LogP contribution in [0.1, 0.15) is 21.6 Å². The summed E-state index contributed by atoms with van der Waals surface area (Å²) in [6.07, 6.45) is 0. The van der Waals surface area contributed by atoms with Gasteiger partial charge in [0.15, 0.2) is 0 Å². The first-order chi connectivity index (χ1) is 5.15. The molecule has 58 valence electrons. The quantitative estimate of drug-likeness (QED) is 0.685. The Bertz CT molecular complexity index is 297. The molecule has 0 radical (unpaired) electrons. The van der Waals surface area contributed by atoms with Crippen molar-refractivity contribution in [1.29, 1.82) is 5.26 Å². The fourth-order valence-electron chi connectivity index (χ4n) is 0.894. The van der Waals surface area contributed by atoms with E-state index >= 15 is 0 Å². The summed E-state index contributed by atoms with van der Waals surface area (Å²) in [5, 5.41) is 9.49. The highest BCUT2D eigenvalue weighted by Gasteiger charge is 2.11. The highest BCUT2D eigenvalue weighted by Crippen LogP contribution is 2.22. The van der Waals surface area contributed by atoms with Crippen LogP contribution < -0.4 is 5.73 Å². The van der Waals surface area contributed by atoms with E-state index in [0.717, 1.165) is 15.6 Å². The summed E-state index contributed by atoms with van der Waals surface area (Å²) in [7, 11) is 0. The summed E-state index contributed by atoms with van der Waals surface area (Å²) in [4.78, 5) is 5.05. The van der Waals surface area contributed by atoms with Gasteiger partial charge >= 0.3 is 0 Å². The van der Waals surface area contributed by atoms with E-state index in [-0.39, 0.29) is 0 Å². The van der Waals surface area contributed by atoms with Gasteiger partial charge in [0.1, 0.15) is 6.04 Å². The van der Waals surface area contributed by atoms with Crippen molar-refractivity contribution < 1.29 is 0 Å². The van der Waals surface area contributed by atoms with E-state index in [0.29, 0.717) is 0 Å². The number of aryl methyl sites for hydroxylation is 2. The summed E-state index contributed by atoms with van der Waals surface area (Å²) in [6, 6.07) is 1.47. The van der Waals surface area contributed by atoms with Crippen molar-refractivity contribution in [2.75, 3.05) is 0 Å². The molecule has 1 aromatic heterocycles. The molecule has 0 bridgehead atoms. The Morgan fingerprint density at radius 3 is 2.64 bits per heavy atom. The number of hydrogen-bond donors (Lipinski definition) is 1. The molecule has 3 nitrogen and oxygen atoms in total. The Kier molecular flexibility index (Phi) is 2.22. The van der Waals surface area contributed by atoms with Gasteiger partial charge in [0.25, 0.3) is 0 Å². The monoisotopic (exact) mass is 167 g/mol. The SMILES string of the molecule is Cc1nc(C)c(C(N)C#N)s1. The lowest BCUT2D eigenvalue weighted by atomic mass is 10.2. The molecule has 11 heavy (non-hydrogen) atoms. The molecule has 0 aliphatic carbocycles. The molecule has 1 rings (SSSR count). The maximum absolute atomic E-state index is 8.53. The van der Waals surface area contributed by atoms with Crippen molar-refractivity contribution in [3.05, 3.63) is 15.6 Å². The van der Waals surface area contributed by atoms with Crippen LogP contribution in [0.2, 0.25) is 0 Å². The highest BCUT2D eigenvalue weighted by molar-refractivity contribution is 7.11. The van der Waals surface area contributed by atoms with E-state index in [1.54, 1.807) is 0 Å². The van der Waals surface area contributed by atoms with Crippen LogP contribution in [0.4, 0.5) is 0 Å². The zero-order chi connectivity index (χ0) is 8.43. The van der Waals surface area contributed by atoms with Crippen molar-refractivity contribution in [3.63, 3.8) is 0 Å². The number of nitriles is 1. The third-order valence-electron chi connectivity index (χ3n) is 1.36. The van der Waals surface area contributed by atoms with E-state index < -0.39 is 6.04 Å². The van der Waals surface area contributed by atoms with Gasteiger partial charge in [0.2, 0.25) is 0 Å². The van der Waals surface area contributed by atoms with Crippen molar-refractivity contribution >= 4 is 11.3 Å². The smallest absolute Gasteiger partial charge is 0.129 e. The molecule has 1 atom stereocenters. The van der Waals surface area contributed by atoms with Crippen molar-refractivity contribution in [1.82, 2.24) is 4.98 Å². The van der Waals surface area contributed by atoms with Crippen molar-refractivity contribution in [2.24, 2.45) is 5.73 Å². The first kappa shape index (κ1) is 8.18. The molecule has 0 spiro atoms. The van der Waals surface area contributed by atoms with E-state index in [4.69, 9.17) is 11.0 Å². The standard InChI is InChI=1S/C7H9N3S/c1-4-7(6(9)3-8)11-5(2)10-4/h6H,9H2,1-2H3. The van der Waals surface area contributed by atoms with E-state index in [1.165, 1.54) is 11.3 Å². The fourth-order valence-corrected chi connectivity index (χ4v) is 1.77. The third kappa shape index (κ3) is 1.56. The van der Waals surface area contributed by atoms with Crippen LogP contribution in [0.5, 0.6) is 0 Å². The largest absolute Gasteiger partial charge is 0.311 e. The molecule has 0 saturated heterocycles. The summed E-state index contributed by atoms with van der Waals surface area (Å²) < 4.78 is 0. The zero-order valence-corrected chi connectivity index (χ0v) is 7.27. The van der Waals surface area contributed by atoms with Gasteiger partial charge in [0.05, 0.1) is 21.6 Å². The molecule has 0 aliphatic rings. The molecule has 0 aromatic carbocycles. The van der Waals surface area contributed by atoms with Gasteiger partial charge in [-0.15, -0.1) is 11.3 Å². The maximum Gasteiger partial charge on any atom is 0.129 e. The van der Waals surface area contributed by atoms with Gasteiger partial charge in [-0.2, -0.15) is 5.26 Å². The van der Waals surface area contributed by atoms with Gasteiger partial charge in [-0.25, -0.2) is 4.98 Å². The van der Waals surface area contributed by atoms with Gasteiger partial charge in [-0.3, -0.25) is 0 Å². The number of aromatic nitrogens is 1. The van der Waals surface area contributed by atoms with Crippen LogP contribution >= 0.6 is 11.3 Å². The summed E-state index contributed by atoms with van der Waals surface area (Å²) in [5.74, 6) is 0. The molecule has 0 amide bonds. The summed E-state index contributed by atoms with van der Waals surface area (Å²) >= 11 is 1.49. The van der Waals surface area contributed by atoms with Gasteiger partial charge in [-0.1, -0.05) is 0 Å². The Morgan fingerprint density at radius 2 is 2.27 bits per heavy atom. The number of rotatable bonds is 1. The van der Waals surface area contributed by atoms with E-state index in [2.05, 4.69) is 4.98 Å². The van der Waals surface area contributed by atoms with Crippen LogP contribution in [0.15, 0.2) is 0 Å². The third-order valence-corrected chi connectivity index (χ3v) is 2.52. The molecule has 4 heteroatoms. The Balaban J connectivity index is 3.05. The van der Waals surface area contributed by atoms with Crippen LogP contribution in [0, 0.1) is 25.2 Å². The number of hydrogen-bond acceptors (Lipinski definition) is 4. The minimum atomic E-state index is -0.513. The maximum atomic E-state index is 8.53. The fraction of sp³-hybridized carbons (Fsp3) is 0.429. The average Bonchev–Trinajstić information content (AvgIpc) is 2.28. The molecule has 0 saturated carbocycles. The predicted octanol–water partition coefficient (Wildman–Crippen LogP) is 1.28. The Morgan fingerprint density at radius 1 is 1.64 bits per heavy atom. The second-order valence-electron chi connectivity index (χ2n) is 2.29. The highest BCUT2D eigenvalue weighted by atomic mass is 32.1. The van der Waals surface area contributed by atoms with Gasteiger partial charge in [-0.05, 0) is 13.8 Å². The Hall–Kier alpha value is -0.920. The molecule has 1 heterocycles. The van der Waals surface area contributed by atoms with E-state index in [9.17, 15) is 0 Å².